The number of carboxylic acids is 1. The van der Waals surface area contributed by atoms with Crippen molar-refractivity contribution in [3.8, 4) is 0 Å². The SMILES string of the molecule is CC1CCN(S(=O)(=O)c2c(Cl)cccc2Cl)C(C(=O)O)C1. The highest BCUT2D eigenvalue weighted by molar-refractivity contribution is 7.89. The van der Waals surface area contributed by atoms with Gasteiger partial charge in [-0.15, -0.1) is 0 Å². The summed E-state index contributed by atoms with van der Waals surface area (Å²) >= 11 is 11.9. The molecule has 0 bridgehead atoms. The molecule has 116 valence electrons. The second kappa shape index (κ2) is 6.12. The van der Waals surface area contributed by atoms with E-state index < -0.39 is 22.0 Å². The molecule has 2 rings (SSSR count). The summed E-state index contributed by atoms with van der Waals surface area (Å²) in [6.45, 7) is 2.05. The van der Waals surface area contributed by atoms with Crippen LogP contribution in [0.1, 0.15) is 19.8 Å². The maximum absolute atomic E-state index is 12.7. The lowest BCUT2D eigenvalue weighted by Gasteiger charge is -2.35. The fourth-order valence-electron chi connectivity index (χ4n) is 2.48. The molecule has 5 nitrogen and oxygen atoms in total. The Morgan fingerprint density at radius 1 is 1.33 bits per heavy atom. The van der Waals surface area contributed by atoms with E-state index in [9.17, 15) is 18.3 Å². The summed E-state index contributed by atoms with van der Waals surface area (Å²) in [4.78, 5) is 11.2. The molecule has 2 atom stereocenters. The van der Waals surface area contributed by atoms with Gasteiger partial charge in [0.15, 0.2) is 0 Å². The molecule has 1 N–H and O–H groups in total. The zero-order chi connectivity index (χ0) is 15.8. The van der Waals surface area contributed by atoms with Crippen molar-refractivity contribution in [1.29, 1.82) is 0 Å². The third kappa shape index (κ3) is 3.18. The minimum Gasteiger partial charge on any atom is -0.480 e. The molecule has 1 heterocycles. The summed E-state index contributed by atoms with van der Waals surface area (Å²) in [5, 5.41) is 9.29. The monoisotopic (exact) mass is 351 g/mol. The van der Waals surface area contributed by atoms with Crippen LogP contribution in [0.3, 0.4) is 0 Å². The van der Waals surface area contributed by atoms with Crippen molar-refractivity contribution in [3.05, 3.63) is 28.2 Å². The Hall–Kier alpha value is -0.820. The van der Waals surface area contributed by atoms with Crippen molar-refractivity contribution in [1.82, 2.24) is 4.31 Å². The van der Waals surface area contributed by atoms with E-state index in [1.54, 1.807) is 0 Å². The summed E-state index contributed by atoms with van der Waals surface area (Å²) in [5.74, 6) is -1.01. The smallest absolute Gasteiger partial charge is 0.322 e. The van der Waals surface area contributed by atoms with Gasteiger partial charge in [0, 0.05) is 6.54 Å². The molecule has 0 saturated carbocycles. The summed E-state index contributed by atoms with van der Waals surface area (Å²) in [6.07, 6.45) is 0.877. The first kappa shape index (κ1) is 16.5. The molecule has 1 aliphatic heterocycles. The zero-order valence-corrected chi connectivity index (χ0v) is 13.6. The van der Waals surface area contributed by atoms with E-state index in [2.05, 4.69) is 0 Å². The average Bonchev–Trinajstić information content (AvgIpc) is 2.37. The van der Waals surface area contributed by atoms with Crippen molar-refractivity contribution in [2.45, 2.75) is 30.7 Å². The lowest BCUT2D eigenvalue weighted by Crippen LogP contribution is -2.49. The molecular weight excluding hydrogens is 337 g/mol. The third-order valence-electron chi connectivity index (χ3n) is 3.59. The van der Waals surface area contributed by atoms with E-state index in [0.717, 1.165) is 4.31 Å². The summed E-state index contributed by atoms with van der Waals surface area (Å²) in [6, 6.07) is 3.29. The van der Waals surface area contributed by atoms with E-state index in [1.165, 1.54) is 18.2 Å². The van der Waals surface area contributed by atoms with Crippen LogP contribution < -0.4 is 0 Å². The molecule has 1 saturated heterocycles. The number of nitrogens with zero attached hydrogens (tertiary/aromatic N) is 1. The number of hydrogen-bond acceptors (Lipinski definition) is 3. The second-order valence-corrected chi connectivity index (χ2v) is 7.79. The van der Waals surface area contributed by atoms with Crippen LogP contribution in [0.4, 0.5) is 0 Å². The van der Waals surface area contributed by atoms with E-state index in [0.29, 0.717) is 6.42 Å². The molecule has 21 heavy (non-hydrogen) atoms. The first-order valence-electron chi connectivity index (χ1n) is 6.43. The van der Waals surface area contributed by atoms with Gasteiger partial charge >= 0.3 is 5.97 Å². The first-order chi connectivity index (χ1) is 9.75. The zero-order valence-electron chi connectivity index (χ0n) is 11.3. The second-order valence-electron chi connectivity index (χ2n) is 5.15. The molecule has 0 spiro atoms. The first-order valence-corrected chi connectivity index (χ1v) is 8.63. The normalized spacial score (nSPS) is 24.0. The van der Waals surface area contributed by atoms with Crippen LogP contribution in [0.25, 0.3) is 0 Å². The molecule has 1 fully saturated rings. The highest BCUT2D eigenvalue weighted by Crippen LogP contribution is 2.35. The van der Waals surface area contributed by atoms with Crippen LogP contribution in [0.5, 0.6) is 0 Å². The van der Waals surface area contributed by atoms with Crippen molar-refractivity contribution >= 4 is 39.2 Å². The molecule has 1 aromatic carbocycles. The Balaban J connectivity index is 2.50. The fraction of sp³-hybridized carbons (Fsp3) is 0.462. The van der Waals surface area contributed by atoms with Crippen LogP contribution in [0, 0.1) is 5.92 Å². The number of hydrogen-bond donors (Lipinski definition) is 1. The number of carboxylic acid groups (broad SMARTS) is 1. The number of benzene rings is 1. The summed E-state index contributed by atoms with van der Waals surface area (Å²) in [5.41, 5.74) is 0. The highest BCUT2D eigenvalue weighted by Gasteiger charge is 2.41. The quantitative estimate of drug-likeness (QED) is 0.908. The van der Waals surface area contributed by atoms with Crippen molar-refractivity contribution < 1.29 is 18.3 Å². The number of halogens is 2. The third-order valence-corrected chi connectivity index (χ3v) is 6.45. The Kier molecular flexibility index (Phi) is 4.82. The molecule has 0 radical (unpaired) electrons. The molecule has 2 unspecified atom stereocenters. The molecule has 0 aromatic heterocycles. The van der Waals surface area contributed by atoms with E-state index >= 15 is 0 Å². The van der Waals surface area contributed by atoms with Gasteiger partial charge < -0.3 is 5.11 Å². The van der Waals surface area contributed by atoms with E-state index in [4.69, 9.17) is 23.2 Å². The van der Waals surface area contributed by atoms with Gasteiger partial charge in [0.25, 0.3) is 0 Å². The van der Waals surface area contributed by atoms with Crippen LogP contribution in [-0.4, -0.2) is 36.4 Å². The number of piperidine rings is 1. The highest BCUT2D eigenvalue weighted by atomic mass is 35.5. The lowest BCUT2D eigenvalue weighted by atomic mass is 9.94. The summed E-state index contributed by atoms with van der Waals surface area (Å²) < 4.78 is 26.5. The minimum atomic E-state index is -4.05. The predicted octanol–water partition coefficient (Wildman–Crippen LogP) is 2.87. The molecular formula is C13H15Cl2NO4S. The molecule has 0 aliphatic carbocycles. The lowest BCUT2D eigenvalue weighted by molar-refractivity contribution is -0.143. The largest absolute Gasteiger partial charge is 0.480 e. The minimum absolute atomic E-state index is 0.00902. The maximum Gasteiger partial charge on any atom is 0.322 e. The average molecular weight is 352 g/mol. The van der Waals surface area contributed by atoms with Gasteiger partial charge in [0.1, 0.15) is 10.9 Å². The van der Waals surface area contributed by atoms with Gasteiger partial charge in [-0.1, -0.05) is 36.2 Å². The van der Waals surface area contributed by atoms with Gasteiger partial charge in [0.05, 0.1) is 10.0 Å². The molecule has 0 amide bonds. The topological polar surface area (TPSA) is 74.7 Å². The van der Waals surface area contributed by atoms with Crippen LogP contribution in [0.2, 0.25) is 10.0 Å². The van der Waals surface area contributed by atoms with Gasteiger partial charge in [-0.2, -0.15) is 4.31 Å². The molecule has 8 heteroatoms. The van der Waals surface area contributed by atoms with E-state index in [-0.39, 0.29) is 33.8 Å². The number of rotatable bonds is 3. The van der Waals surface area contributed by atoms with Crippen molar-refractivity contribution in [2.24, 2.45) is 5.92 Å². The van der Waals surface area contributed by atoms with Crippen molar-refractivity contribution in [2.75, 3.05) is 6.54 Å². The maximum atomic E-state index is 12.7. The summed E-state index contributed by atoms with van der Waals surface area (Å²) in [7, 11) is -4.05. The molecule has 1 aliphatic rings. The predicted molar refractivity (Wildman–Crippen MR) is 80.2 cm³/mol. The van der Waals surface area contributed by atoms with Crippen LogP contribution >= 0.6 is 23.2 Å². The number of aliphatic carboxylic acids is 1. The van der Waals surface area contributed by atoms with Gasteiger partial charge in [-0.3, -0.25) is 4.79 Å². The van der Waals surface area contributed by atoms with Gasteiger partial charge in [0.2, 0.25) is 10.0 Å². The Bertz CT molecular complexity index is 642. The van der Waals surface area contributed by atoms with Crippen molar-refractivity contribution in [3.63, 3.8) is 0 Å². The Morgan fingerprint density at radius 2 is 1.90 bits per heavy atom. The molecule has 1 aromatic rings. The fourth-order valence-corrected chi connectivity index (χ4v) is 5.18. The van der Waals surface area contributed by atoms with E-state index in [1.807, 2.05) is 6.92 Å². The number of sulfonamides is 1. The Morgan fingerprint density at radius 3 is 2.43 bits per heavy atom. The standard InChI is InChI=1S/C13H15Cl2NO4S/c1-8-5-6-16(11(7-8)13(17)18)21(19,20)12-9(14)3-2-4-10(12)15/h2-4,8,11H,5-7H2,1H3,(H,17,18). The van der Waals surface area contributed by atoms with Crippen LogP contribution in [0.15, 0.2) is 23.1 Å². The van der Waals surface area contributed by atoms with Gasteiger partial charge in [-0.05, 0) is 30.9 Å². The Labute approximate surface area is 133 Å². The van der Waals surface area contributed by atoms with Crippen LogP contribution in [-0.2, 0) is 14.8 Å². The van der Waals surface area contributed by atoms with Gasteiger partial charge in [-0.25, -0.2) is 8.42 Å². The number of carbonyl (C=O) groups is 1.